The third-order valence-corrected chi connectivity index (χ3v) is 7.94. The maximum atomic E-state index is 13.3. The second-order valence-electron chi connectivity index (χ2n) is 8.80. The third-order valence-electron chi connectivity index (χ3n) is 6.55. The molecule has 0 saturated heterocycles. The molecule has 5 nitrogen and oxygen atoms in total. The smallest absolute Gasteiger partial charge is 0.262 e. The summed E-state index contributed by atoms with van der Waals surface area (Å²) in [6, 6.07) is 16.5. The number of ether oxygens (including phenoxy) is 1. The second-order valence-corrected chi connectivity index (χ2v) is 10.3. The summed E-state index contributed by atoms with van der Waals surface area (Å²) >= 11 is 7.78. The summed E-state index contributed by atoms with van der Waals surface area (Å²) in [7, 11) is 1.67. The number of rotatable bonds is 8. The molecule has 1 N–H and O–H groups in total. The van der Waals surface area contributed by atoms with Gasteiger partial charge in [-0.3, -0.25) is 9.36 Å². The minimum atomic E-state index is 0.0813. The van der Waals surface area contributed by atoms with E-state index in [0.717, 1.165) is 65.2 Å². The summed E-state index contributed by atoms with van der Waals surface area (Å²) < 4.78 is 7.06. The van der Waals surface area contributed by atoms with E-state index in [9.17, 15) is 4.79 Å². The van der Waals surface area contributed by atoms with Crippen molar-refractivity contribution in [3.8, 4) is 5.75 Å². The van der Waals surface area contributed by atoms with E-state index in [0.29, 0.717) is 12.6 Å². The molecule has 1 aliphatic rings. The zero-order valence-corrected chi connectivity index (χ0v) is 20.8. The van der Waals surface area contributed by atoms with Crippen molar-refractivity contribution >= 4 is 33.2 Å². The van der Waals surface area contributed by atoms with Crippen LogP contribution in [-0.2, 0) is 32.2 Å². The molecule has 5 rings (SSSR count). The van der Waals surface area contributed by atoms with Crippen molar-refractivity contribution in [3.05, 3.63) is 91.8 Å². The third kappa shape index (κ3) is 5.04. The predicted molar refractivity (Wildman–Crippen MR) is 140 cm³/mol. The van der Waals surface area contributed by atoms with Crippen molar-refractivity contribution in [3.63, 3.8) is 0 Å². The monoisotopic (exact) mass is 493 g/mol. The first kappa shape index (κ1) is 23.1. The van der Waals surface area contributed by atoms with Crippen molar-refractivity contribution in [1.29, 1.82) is 0 Å². The molecule has 1 unspecified atom stereocenters. The van der Waals surface area contributed by atoms with Crippen LogP contribution in [0.5, 0.6) is 5.75 Å². The highest BCUT2D eigenvalue weighted by molar-refractivity contribution is 7.18. The summed E-state index contributed by atoms with van der Waals surface area (Å²) in [4.78, 5) is 20.1. The lowest BCUT2D eigenvalue weighted by Gasteiger charge is -2.23. The highest BCUT2D eigenvalue weighted by Crippen LogP contribution is 2.33. The van der Waals surface area contributed by atoms with E-state index in [-0.39, 0.29) is 5.56 Å². The average Bonchev–Trinajstić information content (AvgIpc) is 3.22. The molecule has 34 heavy (non-hydrogen) atoms. The number of nitrogens with one attached hydrogen (secondary N) is 1. The summed E-state index contributed by atoms with van der Waals surface area (Å²) in [6.07, 6.45) is 6.32. The van der Waals surface area contributed by atoms with E-state index < -0.39 is 0 Å². The molecule has 2 heterocycles. The van der Waals surface area contributed by atoms with Crippen LogP contribution in [0, 0.1) is 0 Å². The molecule has 2 aromatic heterocycles. The van der Waals surface area contributed by atoms with E-state index in [1.807, 2.05) is 36.4 Å². The maximum Gasteiger partial charge on any atom is 0.262 e. The number of methoxy groups -OCH3 is 1. The Kier molecular flexibility index (Phi) is 6.99. The molecule has 0 fully saturated rings. The van der Waals surface area contributed by atoms with E-state index in [1.165, 1.54) is 16.0 Å². The normalized spacial score (nSPS) is 15.4. The number of benzene rings is 2. The lowest BCUT2D eigenvalue weighted by molar-refractivity contribution is 0.414. The van der Waals surface area contributed by atoms with Gasteiger partial charge in [-0.1, -0.05) is 35.9 Å². The molecule has 0 saturated carbocycles. The van der Waals surface area contributed by atoms with Crippen molar-refractivity contribution in [2.45, 2.75) is 44.7 Å². The fourth-order valence-electron chi connectivity index (χ4n) is 4.73. The fraction of sp³-hybridized carbons (Fsp3) is 0.333. The van der Waals surface area contributed by atoms with Crippen LogP contribution < -0.4 is 15.6 Å². The molecule has 0 spiro atoms. The van der Waals surface area contributed by atoms with Crippen LogP contribution in [0.4, 0.5) is 0 Å². The Hall–Kier alpha value is -2.67. The molecule has 0 aliphatic heterocycles. The van der Waals surface area contributed by atoms with Crippen LogP contribution in [-0.4, -0.2) is 29.2 Å². The molecular weight excluding hydrogens is 466 g/mol. The first-order valence-corrected chi connectivity index (χ1v) is 12.9. The van der Waals surface area contributed by atoms with Gasteiger partial charge in [0.05, 0.1) is 18.8 Å². The van der Waals surface area contributed by atoms with Gasteiger partial charge >= 0.3 is 0 Å². The number of halogens is 1. The first-order chi connectivity index (χ1) is 16.6. The van der Waals surface area contributed by atoms with Crippen LogP contribution >= 0.6 is 22.9 Å². The number of aryl methyl sites for hydroxylation is 3. The van der Waals surface area contributed by atoms with Crippen LogP contribution in [0.2, 0.25) is 5.02 Å². The Labute approximate surface area is 208 Å². The Balaban J connectivity index is 1.26. The molecule has 2 aromatic carbocycles. The zero-order valence-electron chi connectivity index (χ0n) is 19.2. The van der Waals surface area contributed by atoms with Gasteiger partial charge in [-0.15, -0.1) is 11.3 Å². The number of fused-ring (bicyclic) bond motifs is 3. The van der Waals surface area contributed by atoms with Gasteiger partial charge < -0.3 is 10.1 Å². The minimum absolute atomic E-state index is 0.0813. The predicted octanol–water partition coefficient (Wildman–Crippen LogP) is 5.05. The van der Waals surface area contributed by atoms with Gasteiger partial charge in [0.25, 0.3) is 5.56 Å². The Morgan fingerprint density at radius 1 is 1.18 bits per heavy atom. The lowest BCUT2D eigenvalue weighted by atomic mass is 9.93. The largest absolute Gasteiger partial charge is 0.497 e. The highest BCUT2D eigenvalue weighted by Gasteiger charge is 2.25. The minimum Gasteiger partial charge on any atom is -0.497 e. The average molecular weight is 494 g/mol. The molecule has 0 amide bonds. The van der Waals surface area contributed by atoms with Gasteiger partial charge in [0.2, 0.25) is 0 Å². The van der Waals surface area contributed by atoms with Crippen LogP contribution in [0.1, 0.15) is 28.0 Å². The van der Waals surface area contributed by atoms with Crippen molar-refractivity contribution in [2.75, 3.05) is 13.7 Å². The molecule has 1 aliphatic carbocycles. The van der Waals surface area contributed by atoms with Gasteiger partial charge in [0.1, 0.15) is 10.6 Å². The molecular formula is C27H28ClN3O2S. The molecule has 4 aromatic rings. The number of hydrogen-bond acceptors (Lipinski definition) is 5. The quantitative estimate of drug-likeness (QED) is 0.373. The highest BCUT2D eigenvalue weighted by atomic mass is 35.5. The second kappa shape index (κ2) is 10.3. The van der Waals surface area contributed by atoms with E-state index >= 15 is 0 Å². The van der Waals surface area contributed by atoms with Gasteiger partial charge in [-0.25, -0.2) is 4.98 Å². The topological polar surface area (TPSA) is 56.2 Å². The number of hydrogen-bond donors (Lipinski definition) is 1. The SMILES string of the molecule is COc1cccc(CCn2cnc3sc4c(c3c2=O)CCC(NCCc2cccc(Cl)c2)C4)c1. The Morgan fingerprint density at radius 2 is 2.00 bits per heavy atom. The number of thiophene rings is 1. The molecule has 176 valence electrons. The van der Waals surface area contributed by atoms with Crippen LogP contribution in [0.15, 0.2) is 59.7 Å². The lowest BCUT2D eigenvalue weighted by Crippen LogP contribution is -2.35. The number of aromatic nitrogens is 2. The zero-order chi connectivity index (χ0) is 23.5. The van der Waals surface area contributed by atoms with E-state index in [2.05, 4.69) is 22.4 Å². The standard InChI is InChI=1S/C27H28ClN3O2S/c1-33-22-7-3-5-19(15-22)11-13-31-17-30-26-25(27(31)32)23-9-8-21(16-24(23)34-26)29-12-10-18-4-2-6-20(28)14-18/h2-7,14-15,17,21,29H,8-13,16H2,1H3. The van der Waals surface area contributed by atoms with Crippen molar-refractivity contribution in [2.24, 2.45) is 0 Å². The first-order valence-electron chi connectivity index (χ1n) is 11.7. The Morgan fingerprint density at radius 3 is 2.82 bits per heavy atom. The fourth-order valence-corrected chi connectivity index (χ4v) is 6.20. The summed E-state index contributed by atoms with van der Waals surface area (Å²) in [5.41, 5.74) is 3.68. The van der Waals surface area contributed by atoms with E-state index in [4.69, 9.17) is 16.3 Å². The van der Waals surface area contributed by atoms with Crippen LogP contribution in [0.3, 0.4) is 0 Å². The molecule has 0 bridgehead atoms. The van der Waals surface area contributed by atoms with Crippen molar-refractivity contribution < 1.29 is 4.74 Å². The summed E-state index contributed by atoms with van der Waals surface area (Å²) in [6.45, 7) is 1.52. The maximum absolute atomic E-state index is 13.3. The summed E-state index contributed by atoms with van der Waals surface area (Å²) in [5.74, 6) is 0.834. The molecule has 1 atom stereocenters. The summed E-state index contributed by atoms with van der Waals surface area (Å²) in [5, 5.41) is 5.31. The Bertz CT molecular complexity index is 1360. The van der Waals surface area contributed by atoms with E-state index in [1.54, 1.807) is 29.3 Å². The molecule has 0 radical (unpaired) electrons. The van der Waals surface area contributed by atoms with Crippen LogP contribution in [0.25, 0.3) is 10.2 Å². The number of nitrogens with zero attached hydrogens (tertiary/aromatic N) is 2. The van der Waals surface area contributed by atoms with Gasteiger partial charge in [0.15, 0.2) is 0 Å². The van der Waals surface area contributed by atoms with Gasteiger partial charge in [-0.2, -0.15) is 0 Å². The molecule has 7 heteroatoms. The van der Waals surface area contributed by atoms with Crippen molar-refractivity contribution in [1.82, 2.24) is 14.9 Å². The van der Waals surface area contributed by atoms with Gasteiger partial charge in [-0.05, 0) is 79.6 Å². The van der Waals surface area contributed by atoms with Gasteiger partial charge in [0, 0.05) is 22.5 Å².